The second-order valence-electron chi connectivity index (χ2n) is 2.70. The van der Waals surface area contributed by atoms with E-state index in [1.54, 1.807) is 5.41 Å². The van der Waals surface area contributed by atoms with Crippen LogP contribution in [0.5, 0.6) is 0 Å². The van der Waals surface area contributed by atoms with Crippen molar-refractivity contribution in [3.63, 3.8) is 0 Å². The second kappa shape index (κ2) is 4.88. The van der Waals surface area contributed by atoms with Gasteiger partial charge in [0.15, 0.2) is 0 Å². The summed E-state index contributed by atoms with van der Waals surface area (Å²) in [5, 5.41) is 1.74. The third kappa shape index (κ3) is 3.01. The molecule has 1 aromatic carbocycles. The fourth-order valence-electron chi connectivity index (χ4n) is 1.04. The molecule has 0 heterocycles. The molecule has 12 heavy (non-hydrogen) atoms. The van der Waals surface area contributed by atoms with Crippen LogP contribution in [-0.4, -0.2) is 11.9 Å². The van der Waals surface area contributed by atoms with E-state index in [9.17, 15) is 0 Å². The van der Waals surface area contributed by atoms with Crippen LogP contribution in [-0.2, 0) is 6.54 Å². The minimum atomic E-state index is 0.928. The van der Waals surface area contributed by atoms with Crippen LogP contribution in [0.4, 0.5) is 0 Å². The minimum Gasteiger partial charge on any atom is -0.376 e. The van der Waals surface area contributed by atoms with Crippen molar-refractivity contribution in [3.8, 4) is 0 Å². The van der Waals surface area contributed by atoms with Gasteiger partial charge in [0.1, 0.15) is 0 Å². The predicted octanol–water partition coefficient (Wildman–Crippen LogP) is 2.52. The zero-order valence-corrected chi connectivity index (χ0v) is 8.04. The molecule has 0 bridgehead atoms. The molecule has 0 aliphatic heterocycles. The summed E-state index contributed by atoms with van der Waals surface area (Å²) < 4.78 is 0. The maximum atomic E-state index is 4.00. The molecule has 0 radical (unpaired) electrons. The van der Waals surface area contributed by atoms with E-state index in [2.05, 4.69) is 29.7 Å². The number of thiol groups is 1. The van der Waals surface area contributed by atoms with E-state index >= 15 is 0 Å². The average molecular weight is 179 g/mol. The first kappa shape index (κ1) is 9.20. The molecule has 64 valence electrons. The highest BCUT2D eigenvalue weighted by atomic mass is 32.1. The van der Waals surface area contributed by atoms with Crippen LogP contribution in [0.1, 0.15) is 5.56 Å². The smallest absolute Gasteiger partial charge is 0.0420 e. The number of hydrogen-bond acceptors (Lipinski definition) is 2. The van der Waals surface area contributed by atoms with E-state index < -0.39 is 0 Å². The van der Waals surface area contributed by atoms with Crippen LogP contribution in [0, 0.1) is 0 Å². The fraction of sp³-hybridized carbons (Fsp3) is 0.200. The third-order valence-electron chi connectivity index (χ3n) is 1.60. The SMILES string of the molecule is CN(/C=C/S)Cc1ccccc1. The Labute approximate surface area is 79.1 Å². The molecule has 1 aromatic rings. The molecule has 1 rings (SSSR count). The Hall–Kier alpha value is -0.890. The van der Waals surface area contributed by atoms with Gasteiger partial charge >= 0.3 is 0 Å². The number of benzene rings is 1. The topological polar surface area (TPSA) is 3.24 Å². The lowest BCUT2D eigenvalue weighted by molar-refractivity contribution is 0.452. The van der Waals surface area contributed by atoms with Crippen LogP contribution in [0.15, 0.2) is 41.9 Å². The molecule has 0 aliphatic carbocycles. The van der Waals surface area contributed by atoms with Gasteiger partial charge < -0.3 is 4.90 Å². The summed E-state index contributed by atoms with van der Waals surface area (Å²) in [6.45, 7) is 0.928. The highest BCUT2D eigenvalue weighted by Gasteiger charge is 1.92. The summed E-state index contributed by atoms with van der Waals surface area (Å²) in [5.41, 5.74) is 1.31. The van der Waals surface area contributed by atoms with Gasteiger partial charge in [-0.3, -0.25) is 0 Å². The van der Waals surface area contributed by atoms with Crippen LogP contribution < -0.4 is 0 Å². The van der Waals surface area contributed by atoms with Crippen LogP contribution >= 0.6 is 12.6 Å². The first-order valence-electron chi connectivity index (χ1n) is 3.88. The Balaban J connectivity index is 2.52. The highest BCUT2D eigenvalue weighted by Crippen LogP contribution is 2.02. The monoisotopic (exact) mass is 179 g/mol. The van der Waals surface area contributed by atoms with Crippen molar-refractivity contribution >= 4 is 12.6 Å². The minimum absolute atomic E-state index is 0.928. The largest absolute Gasteiger partial charge is 0.376 e. The Bertz CT molecular complexity index is 243. The molecule has 0 fully saturated rings. The van der Waals surface area contributed by atoms with Crippen molar-refractivity contribution < 1.29 is 0 Å². The Morgan fingerprint density at radius 2 is 2.00 bits per heavy atom. The molecular weight excluding hydrogens is 166 g/mol. The van der Waals surface area contributed by atoms with E-state index in [0.717, 1.165) is 6.54 Å². The van der Waals surface area contributed by atoms with Crippen molar-refractivity contribution in [3.05, 3.63) is 47.5 Å². The molecule has 1 nitrogen and oxygen atoms in total. The summed E-state index contributed by atoms with van der Waals surface area (Å²) in [7, 11) is 2.03. The number of nitrogens with zero attached hydrogens (tertiary/aromatic N) is 1. The molecule has 0 unspecified atom stereocenters. The van der Waals surface area contributed by atoms with E-state index in [4.69, 9.17) is 0 Å². The first-order valence-corrected chi connectivity index (χ1v) is 4.39. The number of hydrogen-bond donors (Lipinski definition) is 1. The summed E-state index contributed by atoms with van der Waals surface area (Å²) in [5.74, 6) is 0. The van der Waals surface area contributed by atoms with Gasteiger partial charge in [0, 0.05) is 19.8 Å². The molecule has 0 aromatic heterocycles. The van der Waals surface area contributed by atoms with Gasteiger partial charge in [-0.2, -0.15) is 0 Å². The summed E-state index contributed by atoms with van der Waals surface area (Å²) in [4.78, 5) is 2.09. The molecular formula is C10H13NS. The van der Waals surface area contributed by atoms with Crippen molar-refractivity contribution in [2.75, 3.05) is 7.05 Å². The third-order valence-corrected chi connectivity index (χ3v) is 1.73. The van der Waals surface area contributed by atoms with Crippen molar-refractivity contribution in [1.82, 2.24) is 4.90 Å². The fourth-order valence-corrected chi connectivity index (χ4v) is 1.27. The van der Waals surface area contributed by atoms with Crippen LogP contribution in [0.3, 0.4) is 0 Å². The van der Waals surface area contributed by atoms with Gasteiger partial charge in [0.25, 0.3) is 0 Å². The predicted molar refractivity (Wildman–Crippen MR) is 56.0 cm³/mol. The molecule has 0 N–H and O–H groups in total. The van der Waals surface area contributed by atoms with Crippen molar-refractivity contribution in [2.45, 2.75) is 6.54 Å². The molecule has 0 spiro atoms. The van der Waals surface area contributed by atoms with E-state index in [1.807, 2.05) is 31.4 Å². The van der Waals surface area contributed by atoms with Gasteiger partial charge in [0.05, 0.1) is 0 Å². The Kier molecular flexibility index (Phi) is 3.74. The molecule has 0 aliphatic rings. The van der Waals surface area contributed by atoms with Crippen LogP contribution in [0.2, 0.25) is 0 Å². The maximum Gasteiger partial charge on any atom is 0.0420 e. The molecule has 0 saturated carbocycles. The molecule has 0 amide bonds. The normalized spacial score (nSPS) is 10.5. The summed E-state index contributed by atoms with van der Waals surface area (Å²) in [6, 6.07) is 10.4. The quantitative estimate of drug-likeness (QED) is 0.698. The van der Waals surface area contributed by atoms with E-state index in [0.29, 0.717) is 0 Å². The van der Waals surface area contributed by atoms with Gasteiger partial charge in [-0.15, -0.1) is 12.6 Å². The average Bonchev–Trinajstić information content (AvgIpc) is 2.06. The standard InChI is InChI=1S/C10H13NS/c1-11(7-8-12)9-10-5-3-2-4-6-10/h2-8,12H,9H2,1H3/b8-7+. The zero-order valence-electron chi connectivity index (χ0n) is 7.14. The lowest BCUT2D eigenvalue weighted by Gasteiger charge is -2.12. The highest BCUT2D eigenvalue weighted by molar-refractivity contribution is 7.83. The van der Waals surface area contributed by atoms with Gasteiger partial charge in [-0.1, -0.05) is 30.3 Å². The van der Waals surface area contributed by atoms with E-state index in [-0.39, 0.29) is 0 Å². The Morgan fingerprint density at radius 1 is 1.33 bits per heavy atom. The molecule has 0 saturated heterocycles. The number of rotatable bonds is 3. The van der Waals surface area contributed by atoms with Crippen molar-refractivity contribution in [2.24, 2.45) is 0 Å². The van der Waals surface area contributed by atoms with Gasteiger partial charge in [0.2, 0.25) is 0 Å². The lowest BCUT2D eigenvalue weighted by atomic mass is 10.2. The zero-order chi connectivity index (χ0) is 8.81. The van der Waals surface area contributed by atoms with E-state index in [1.165, 1.54) is 5.56 Å². The summed E-state index contributed by atoms with van der Waals surface area (Å²) in [6.07, 6.45) is 1.94. The lowest BCUT2D eigenvalue weighted by Crippen LogP contribution is -2.09. The maximum absolute atomic E-state index is 4.00. The molecule has 0 atom stereocenters. The Morgan fingerprint density at radius 3 is 2.58 bits per heavy atom. The molecule has 2 heteroatoms. The van der Waals surface area contributed by atoms with Crippen molar-refractivity contribution in [1.29, 1.82) is 0 Å². The van der Waals surface area contributed by atoms with Crippen LogP contribution in [0.25, 0.3) is 0 Å². The van der Waals surface area contributed by atoms with Gasteiger partial charge in [-0.25, -0.2) is 0 Å². The van der Waals surface area contributed by atoms with Gasteiger partial charge in [-0.05, 0) is 11.0 Å². The summed E-state index contributed by atoms with van der Waals surface area (Å²) >= 11 is 4.00. The second-order valence-corrected chi connectivity index (χ2v) is 3.00. The first-order chi connectivity index (χ1) is 5.83.